The normalized spacial score (nSPS) is 14.9. The molecule has 1 heterocycles. The van der Waals surface area contributed by atoms with Crippen LogP contribution < -0.4 is 5.73 Å². The molecule has 1 amide bonds. The maximum Gasteiger partial charge on any atom is 0.256 e. The number of nitrogens with zero attached hydrogens (tertiary/aromatic N) is 3. The summed E-state index contributed by atoms with van der Waals surface area (Å²) in [6, 6.07) is 10.3. The SMILES string of the molecule is CN=Nc1cc(-c2ccc(C(=O)N3CC(N)C3)c(F)c2)ccc1C. The standard InChI is InChI=1S/C18H19FN4O/c1-11-3-4-13(8-17(11)22-21-2)12-5-6-15(16(19)7-12)18(24)23-9-14(20)10-23/h3-8,14H,9-10,20H2,1-2H3. The Morgan fingerprint density at radius 2 is 1.88 bits per heavy atom. The molecule has 2 N–H and O–H groups in total. The number of aryl methyl sites for hydroxylation is 1. The smallest absolute Gasteiger partial charge is 0.256 e. The molecule has 24 heavy (non-hydrogen) atoms. The van der Waals surface area contributed by atoms with E-state index in [-0.39, 0.29) is 17.5 Å². The first-order valence-corrected chi connectivity index (χ1v) is 7.75. The van der Waals surface area contributed by atoms with E-state index < -0.39 is 5.82 Å². The first kappa shape index (κ1) is 16.3. The number of hydrogen-bond donors (Lipinski definition) is 1. The molecule has 0 spiro atoms. The molecule has 0 unspecified atom stereocenters. The van der Waals surface area contributed by atoms with Crippen LogP contribution in [0, 0.1) is 12.7 Å². The van der Waals surface area contributed by atoms with Crippen LogP contribution in [0.15, 0.2) is 46.6 Å². The first-order chi connectivity index (χ1) is 11.5. The van der Waals surface area contributed by atoms with Crippen molar-refractivity contribution in [3.8, 4) is 11.1 Å². The van der Waals surface area contributed by atoms with Gasteiger partial charge in [-0.15, -0.1) is 0 Å². The lowest BCUT2D eigenvalue weighted by Crippen LogP contribution is -2.57. The van der Waals surface area contributed by atoms with Crippen LogP contribution >= 0.6 is 0 Å². The minimum absolute atomic E-state index is 0.00464. The highest BCUT2D eigenvalue weighted by Crippen LogP contribution is 2.29. The summed E-state index contributed by atoms with van der Waals surface area (Å²) in [7, 11) is 1.61. The van der Waals surface area contributed by atoms with E-state index in [1.54, 1.807) is 18.0 Å². The van der Waals surface area contributed by atoms with Gasteiger partial charge in [0.15, 0.2) is 0 Å². The fourth-order valence-corrected chi connectivity index (χ4v) is 2.72. The predicted molar refractivity (Wildman–Crippen MR) is 90.9 cm³/mol. The molecule has 5 nitrogen and oxygen atoms in total. The van der Waals surface area contributed by atoms with Gasteiger partial charge in [-0.1, -0.05) is 18.2 Å². The maximum atomic E-state index is 14.4. The summed E-state index contributed by atoms with van der Waals surface area (Å²) in [6.45, 7) is 2.89. The fraction of sp³-hybridized carbons (Fsp3) is 0.278. The molecule has 3 rings (SSSR count). The molecule has 124 valence electrons. The van der Waals surface area contributed by atoms with E-state index in [1.807, 2.05) is 25.1 Å². The van der Waals surface area contributed by atoms with Gasteiger partial charge in [0.25, 0.3) is 5.91 Å². The van der Waals surface area contributed by atoms with E-state index >= 15 is 0 Å². The van der Waals surface area contributed by atoms with E-state index in [4.69, 9.17) is 5.73 Å². The van der Waals surface area contributed by atoms with Crippen molar-refractivity contribution < 1.29 is 9.18 Å². The van der Waals surface area contributed by atoms with Gasteiger partial charge in [0.2, 0.25) is 0 Å². The summed E-state index contributed by atoms with van der Waals surface area (Å²) in [6.07, 6.45) is 0. The quantitative estimate of drug-likeness (QED) is 0.879. The third kappa shape index (κ3) is 3.05. The summed E-state index contributed by atoms with van der Waals surface area (Å²) in [4.78, 5) is 13.8. The number of carbonyl (C=O) groups is 1. The maximum absolute atomic E-state index is 14.4. The molecule has 6 heteroatoms. The number of azo groups is 1. The van der Waals surface area contributed by atoms with Gasteiger partial charge < -0.3 is 10.6 Å². The van der Waals surface area contributed by atoms with E-state index in [2.05, 4.69) is 10.2 Å². The highest BCUT2D eigenvalue weighted by atomic mass is 19.1. The van der Waals surface area contributed by atoms with Gasteiger partial charge in [0.1, 0.15) is 5.82 Å². The van der Waals surface area contributed by atoms with Gasteiger partial charge >= 0.3 is 0 Å². The number of likely N-dealkylation sites (tertiary alicyclic amines) is 1. The van der Waals surface area contributed by atoms with E-state index in [1.165, 1.54) is 12.1 Å². The minimum Gasteiger partial charge on any atom is -0.335 e. The molecule has 0 aliphatic carbocycles. The minimum atomic E-state index is -0.530. The third-order valence-electron chi connectivity index (χ3n) is 4.15. The summed E-state index contributed by atoms with van der Waals surface area (Å²) >= 11 is 0. The van der Waals surface area contributed by atoms with Crippen molar-refractivity contribution in [1.29, 1.82) is 0 Å². The second kappa shape index (κ2) is 6.49. The van der Waals surface area contributed by atoms with Crippen LogP contribution in [0.1, 0.15) is 15.9 Å². The van der Waals surface area contributed by atoms with Crippen molar-refractivity contribution in [1.82, 2.24) is 4.90 Å². The van der Waals surface area contributed by atoms with Crippen LogP contribution in [-0.4, -0.2) is 37.0 Å². The van der Waals surface area contributed by atoms with Gasteiger partial charge in [-0.3, -0.25) is 4.79 Å². The topological polar surface area (TPSA) is 71.0 Å². The highest BCUT2D eigenvalue weighted by Gasteiger charge is 2.29. The van der Waals surface area contributed by atoms with Gasteiger partial charge in [-0.05, 0) is 41.8 Å². The molecule has 0 saturated carbocycles. The Morgan fingerprint density at radius 3 is 2.50 bits per heavy atom. The fourth-order valence-electron chi connectivity index (χ4n) is 2.72. The Balaban J connectivity index is 1.90. The third-order valence-corrected chi connectivity index (χ3v) is 4.15. The molecule has 0 atom stereocenters. The molecule has 1 aliphatic heterocycles. The van der Waals surface area contributed by atoms with Crippen molar-refractivity contribution in [2.45, 2.75) is 13.0 Å². The average molecular weight is 326 g/mol. The van der Waals surface area contributed by atoms with Crippen LogP contribution in [0.2, 0.25) is 0 Å². The van der Waals surface area contributed by atoms with Crippen LogP contribution in [0.5, 0.6) is 0 Å². The number of hydrogen-bond acceptors (Lipinski definition) is 4. The van der Waals surface area contributed by atoms with E-state index in [0.717, 1.165) is 16.8 Å². The lowest BCUT2D eigenvalue weighted by Gasteiger charge is -2.36. The predicted octanol–water partition coefficient (Wildman–Crippen LogP) is 3.30. The molecular formula is C18H19FN4O. The van der Waals surface area contributed by atoms with Crippen LogP contribution in [-0.2, 0) is 0 Å². The summed E-state index contributed by atoms with van der Waals surface area (Å²) in [5.74, 6) is -0.845. The molecule has 2 aromatic rings. The second-order valence-corrected chi connectivity index (χ2v) is 5.97. The lowest BCUT2D eigenvalue weighted by molar-refractivity contribution is 0.0603. The lowest BCUT2D eigenvalue weighted by atomic mass is 10.00. The zero-order valence-electron chi connectivity index (χ0n) is 13.7. The Morgan fingerprint density at radius 1 is 1.21 bits per heavy atom. The average Bonchev–Trinajstić information content (AvgIpc) is 2.53. The number of rotatable bonds is 3. The summed E-state index contributed by atoms with van der Waals surface area (Å²) in [5.41, 5.74) is 8.99. The number of halogens is 1. The Labute approximate surface area is 140 Å². The van der Waals surface area contributed by atoms with Crippen LogP contribution in [0.4, 0.5) is 10.1 Å². The van der Waals surface area contributed by atoms with Crippen molar-refractivity contribution in [3.63, 3.8) is 0 Å². The molecule has 1 fully saturated rings. The molecular weight excluding hydrogens is 307 g/mol. The van der Waals surface area contributed by atoms with Crippen molar-refractivity contribution in [2.24, 2.45) is 16.0 Å². The summed E-state index contributed by atoms with van der Waals surface area (Å²) in [5, 5.41) is 7.86. The molecule has 1 aliphatic rings. The summed E-state index contributed by atoms with van der Waals surface area (Å²) < 4.78 is 14.4. The molecule has 0 bridgehead atoms. The van der Waals surface area contributed by atoms with Gasteiger partial charge in [0, 0.05) is 26.2 Å². The van der Waals surface area contributed by atoms with Crippen molar-refractivity contribution in [3.05, 3.63) is 53.3 Å². The Kier molecular flexibility index (Phi) is 4.40. The second-order valence-electron chi connectivity index (χ2n) is 5.97. The Bertz CT molecular complexity index is 813. The Hall–Kier alpha value is -2.60. The molecule has 1 saturated heterocycles. The van der Waals surface area contributed by atoms with Gasteiger partial charge in [0.05, 0.1) is 11.3 Å². The zero-order chi connectivity index (χ0) is 17.3. The highest BCUT2D eigenvalue weighted by molar-refractivity contribution is 5.95. The van der Waals surface area contributed by atoms with Gasteiger partial charge in [-0.2, -0.15) is 10.2 Å². The number of carbonyl (C=O) groups excluding carboxylic acids is 1. The largest absolute Gasteiger partial charge is 0.335 e. The number of amides is 1. The number of benzene rings is 2. The van der Waals surface area contributed by atoms with E-state index in [9.17, 15) is 9.18 Å². The molecule has 0 radical (unpaired) electrons. The van der Waals surface area contributed by atoms with Crippen LogP contribution in [0.3, 0.4) is 0 Å². The number of nitrogens with two attached hydrogens (primary N) is 1. The van der Waals surface area contributed by atoms with Crippen molar-refractivity contribution >= 4 is 11.6 Å². The van der Waals surface area contributed by atoms with Crippen molar-refractivity contribution in [2.75, 3.05) is 20.1 Å². The molecule has 0 aromatic heterocycles. The van der Waals surface area contributed by atoms with Gasteiger partial charge in [-0.25, -0.2) is 4.39 Å². The van der Waals surface area contributed by atoms with Crippen LogP contribution in [0.25, 0.3) is 11.1 Å². The zero-order valence-corrected chi connectivity index (χ0v) is 13.7. The van der Waals surface area contributed by atoms with E-state index in [0.29, 0.717) is 18.7 Å². The monoisotopic (exact) mass is 326 g/mol. The molecule has 2 aromatic carbocycles. The first-order valence-electron chi connectivity index (χ1n) is 7.75.